The van der Waals surface area contributed by atoms with E-state index < -0.39 is 7.86 Å². The van der Waals surface area contributed by atoms with Crippen LogP contribution in [-0.4, -0.2) is 30.1 Å². The molecule has 0 aliphatic carbocycles. The van der Waals surface area contributed by atoms with E-state index in [4.69, 9.17) is 0 Å². The molecule has 1 aliphatic heterocycles. The van der Waals surface area contributed by atoms with Gasteiger partial charge in [0.25, 0.3) is 0 Å². The van der Waals surface area contributed by atoms with Gasteiger partial charge in [-0.2, -0.15) is 0 Å². The Kier molecular flexibility index (Phi) is 2.12. The first kappa shape index (κ1) is 6.78. The van der Waals surface area contributed by atoms with Crippen molar-refractivity contribution in [2.24, 2.45) is 0 Å². The van der Waals surface area contributed by atoms with Gasteiger partial charge in [0.05, 0.1) is 0 Å². The van der Waals surface area contributed by atoms with Crippen molar-refractivity contribution in [3.8, 4) is 0 Å². The minimum absolute atomic E-state index is 0.924. The van der Waals surface area contributed by atoms with Crippen LogP contribution < -0.4 is 0 Å². The molecule has 1 rings (SSSR count). The number of rotatable bonds is 0. The fourth-order valence-corrected chi connectivity index (χ4v) is 3.90. The molecular weight excluding hydrogens is 187 g/mol. The predicted molar refractivity (Wildman–Crippen MR) is 37.5 cm³/mol. The fourth-order valence-electron chi connectivity index (χ4n) is 0.923. The van der Waals surface area contributed by atoms with E-state index in [1.54, 1.807) is 0 Å². The molecule has 0 spiro atoms. The van der Waals surface area contributed by atoms with Crippen molar-refractivity contribution in [2.75, 3.05) is 11.5 Å². The first-order valence-corrected chi connectivity index (χ1v) is 6.83. The van der Waals surface area contributed by atoms with Crippen molar-refractivity contribution < 1.29 is 4.21 Å². The van der Waals surface area contributed by atoms with E-state index in [9.17, 15) is 4.21 Å². The second kappa shape index (κ2) is 2.51. The maximum absolute atomic E-state index is 11.2. The predicted octanol–water partition coefficient (Wildman–Crippen LogP) is 0.538. The first-order chi connectivity index (χ1) is 3.71. The molecule has 0 unspecified atom stereocenters. The Balaban J connectivity index is 2.58. The van der Waals surface area contributed by atoms with Crippen LogP contribution in [0.15, 0.2) is 0 Å². The summed E-state index contributed by atoms with van der Waals surface area (Å²) in [5.74, 6) is 1.85. The van der Waals surface area contributed by atoms with Crippen LogP contribution in [0.2, 0.25) is 0 Å². The summed E-state index contributed by atoms with van der Waals surface area (Å²) in [7, 11) is -1.46. The summed E-state index contributed by atoms with van der Waals surface area (Å²) < 4.78 is 11.2. The Bertz CT molecular complexity index is 147. The van der Waals surface area contributed by atoms with Crippen LogP contribution in [0.3, 0.4) is 0 Å². The van der Waals surface area contributed by atoms with Crippen LogP contribution in [0.25, 0.3) is 0 Å². The van der Waals surface area contributed by atoms with E-state index in [0.717, 1.165) is 24.3 Å². The molecular formula is C5H10OSSe. The van der Waals surface area contributed by atoms with Gasteiger partial charge in [-0.05, 0) is 0 Å². The van der Waals surface area contributed by atoms with Crippen LogP contribution in [0.5, 0.6) is 0 Å². The van der Waals surface area contributed by atoms with Gasteiger partial charge in [0.15, 0.2) is 0 Å². The topological polar surface area (TPSA) is 17.1 Å². The second-order valence-electron chi connectivity index (χ2n) is 2.21. The fraction of sp³-hybridized carbons (Fsp3) is 1.00. The Hall–Kier alpha value is 0.669. The zero-order valence-corrected chi connectivity index (χ0v) is 7.29. The first-order valence-electron chi connectivity index (χ1n) is 2.91. The third-order valence-corrected chi connectivity index (χ3v) is 5.33. The van der Waals surface area contributed by atoms with E-state index >= 15 is 0 Å². The molecule has 0 aromatic heterocycles. The van der Waals surface area contributed by atoms with Gasteiger partial charge in [0.1, 0.15) is 0 Å². The van der Waals surface area contributed by atoms with E-state index in [-0.39, 0.29) is 0 Å². The Morgan fingerprint density at radius 3 is 1.88 bits per heavy atom. The summed E-state index contributed by atoms with van der Waals surface area (Å²) in [5, 5.41) is 0. The van der Waals surface area contributed by atoms with Gasteiger partial charge >= 0.3 is 57.2 Å². The standard InChI is InChI=1S/C5H10OSSe/c6-7(8)4-2-1-3-5-7/h1-5H2. The van der Waals surface area contributed by atoms with Crippen molar-refractivity contribution in [3.63, 3.8) is 0 Å². The van der Waals surface area contributed by atoms with Gasteiger partial charge in [-0.15, -0.1) is 0 Å². The molecule has 0 bridgehead atoms. The molecule has 0 saturated carbocycles. The van der Waals surface area contributed by atoms with Crippen molar-refractivity contribution in [1.29, 1.82) is 0 Å². The average molecular weight is 197 g/mol. The van der Waals surface area contributed by atoms with E-state index in [0.29, 0.717) is 0 Å². The third-order valence-electron chi connectivity index (χ3n) is 1.41. The van der Waals surface area contributed by atoms with Crippen LogP contribution in [0.1, 0.15) is 19.3 Å². The van der Waals surface area contributed by atoms with Crippen LogP contribution in [-0.2, 0) is 7.86 Å². The zero-order valence-electron chi connectivity index (χ0n) is 4.76. The molecule has 0 atom stereocenters. The molecule has 0 N–H and O–H groups in total. The van der Waals surface area contributed by atoms with E-state index in [1.165, 1.54) is 6.42 Å². The molecule has 0 aromatic carbocycles. The maximum atomic E-state index is 11.2. The third kappa shape index (κ3) is 1.88. The van der Waals surface area contributed by atoms with Gasteiger partial charge < -0.3 is 0 Å². The summed E-state index contributed by atoms with van der Waals surface area (Å²) in [6.07, 6.45) is 3.59. The molecule has 0 radical (unpaired) electrons. The molecule has 8 heavy (non-hydrogen) atoms. The normalized spacial score (nSPS) is 27.5. The van der Waals surface area contributed by atoms with Crippen molar-refractivity contribution in [2.45, 2.75) is 19.3 Å². The monoisotopic (exact) mass is 198 g/mol. The minimum atomic E-state index is -1.46. The Morgan fingerprint density at radius 1 is 1.12 bits per heavy atom. The summed E-state index contributed by atoms with van der Waals surface area (Å²) in [4.78, 5) is 0. The summed E-state index contributed by atoms with van der Waals surface area (Å²) in [6, 6.07) is 0. The van der Waals surface area contributed by atoms with Crippen LogP contribution in [0, 0.1) is 0 Å². The molecule has 1 aliphatic rings. The SMILES string of the molecule is O=S1(=[Se])CCCCC1. The molecule has 0 amide bonds. The van der Waals surface area contributed by atoms with Crippen molar-refractivity contribution >= 4 is 22.2 Å². The Labute approximate surface area is 57.5 Å². The van der Waals surface area contributed by atoms with E-state index in [1.807, 2.05) is 0 Å². The van der Waals surface area contributed by atoms with E-state index in [2.05, 4.69) is 14.4 Å². The molecule has 1 heterocycles. The number of hydrogen-bond acceptors (Lipinski definition) is 1. The van der Waals surface area contributed by atoms with Crippen LogP contribution >= 0.6 is 0 Å². The van der Waals surface area contributed by atoms with Crippen molar-refractivity contribution in [3.05, 3.63) is 0 Å². The van der Waals surface area contributed by atoms with Crippen molar-refractivity contribution in [1.82, 2.24) is 0 Å². The van der Waals surface area contributed by atoms with Gasteiger partial charge in [0.2, 0.25) is 0 Å². The molecule has 1 fully saturated rings. The zero-order chi connectivity index (χ0) is 6.04. The molecule has 1 nitrogen and oxygen atoms in total. The number of hydrogen-bond donors (Lipinski definition) is 0. The second-order valence-corrected chi connectivity index (χ2v) is 8.34. The quantitative estimate of drug-likeness (QED) is 0.518. The molecule has 3 heteroatoms. The average Bonchev–Trinajstić information content (AvgIpc) is 1.65. The van der Waals surface area contributed by atoms with Gasteiger partial charge in [0, 0.05) is 0 Å². The molecule has 48 valence electrons. The summed E-state index contributed by atoms with van der Waals surface area (Å²) in [5.41, 5.74) is 0. The molecule has 1 saturated heterocycles. The van der Waals surface area contributed by atoms with Gasteiger partial charge in [-0.1, -0.05) is 0 Å². The van der Waals surface area contributed by atoms with Gasteiger partial charge in [-0.3, -0.25) is 0 Å². The van der Waals surface area contributed by atoms with Gasteiger partial charge in [-0.25, -0.2) is 0 Å². The Morgan fingerprint density at radius 2 is 1.62 bits per heavy atom. The summed E-state index contributed by atoms with van der Waals surface area (Å²) in [6.45, 7) is 0. The van der Waals surface area contributed by atoms with Crippen LogP contribution in [0.4, 0.5) is 0 Å². The summed E-state index contributed by atoms with van der Waals surface area (Å²) >= 11 is 2.78. The molecule has 0 aromatic rings.